The van der Waals surface area contributed by atoms with Crippen LogP contribution in [0.3, 0.4) is 0 Å². The number of Topliss-reactive ketones (excluding diaryl/α,β-unsaturated/α-hetero) is 1. The lowest BCUT2D eigenvalue weighted by Gasteiger charge is -2.45. The molecule has 5 fully saturated rings. The number of hydrogen-bond acceptors (Lipinski definition) is 8. The minimum atomic E-state index is -0.988. The van der Waals surface area contributed by atoms with E-state index < -0.39 is 59.0 Å². The van der Waals surface area contributed by atoms with Crippen LogP contribution in [0.5, 0.6) is 0 Å². The van der Waals surface area contributed by atoms with E-state index >= 15 is 0 Å². The Kier molecular flexibility index (Phi) is 10.1. The number of nitrogens with zero attached hydrogens (tertiary/aromatic N) is 3. The van der Waals surface area contributed by atoms with Gasteiger partial charge in [0.1, 0.15) is 29.9 Å². The molecule has 13 heteroatoms. The van der Waals surface area contributed by atoms with Crippen molar-refractivity contribution in [1.29, 1.82) is 0 Å². The Morgan fingerprint density at radius 3 is 2.28 bits per heavy atom. The van der Waals surface area contributed by atoms with Gasteiger partial charge in [-0.25, -0.2) is 4.98 Å². The summed E-state index contributed by atoms with van der Waals surface area (Å²) in [6.07, 6.45) is 10.3. The molecule has 50 heavy (non-hydrogen) atoms. The van der Waals surface area contributed by atoms with Gasteiger partial charge in [-0.15, -0.1) is 0 Å². The van der Waals surface area contributed by atoms with Gasteiger partial charge in [-0.3, -0.25) is 33.8 Å². The summed E-state index contributed by atoms with van der Waals surface area (Å²) in [7, 11) is 0. The molecular weight excluding hydrogens is 638 g/mol. The van der Waals surface area contributed by atoms with Crippen LogP contribution in [0.4, 0.5) is 0 Å². The smallest absolute Gasteiger partial charge is 0.289 e. The quantitative estimate of drug-likeness (QED) is 0.269. The predicted molar refractivity (Wildman–Crippen MR) is 183 cm³/mol. The Labute approximate surface area is 294 Å². The van der Waals surface area contributed by atoms with Gasteiger partial charge in [-0.1, -0.05) is 53.9 Å². The first-order chi connectivity index (χ1) is 23.7. The Morgan fingerprint density at radius 1 is 0.920 bits per heavy atom. The normalized spacial score (nSPS) is 30.6. The van der Waals surface area contributed by atoms with Crippen molar-refractivity contribution in [2.45, 2.75) is 117 Å². The molecule has 5 aliphatic rings. The zero-order valence-electron chi connectivity index (χ0n) is 30.1. The molecule has 4 N–H and O–H groups in total. The van der Waals surface area contributed by atoms with Crippen molar-refractivity contribution < 1.29 is 28.8 Å². The number of nitrogens with one attached hydrogen (secondary N) is 4. The van der Waals surface area contributed by atoms with Crippen LogP contribution in [0.2, 0.25) is 0 Å². The molecule has 13 nitrogen and oxygen atoms in total. The molecule has 0 aromatic carbocycles. The van der Waals surface area contributed by atoms with E-state index in [2.05, 4.69) is 31.2 Å². The van der Waals surface area contributed by atoms with Gasteiger partial charge >= 0.3 is 0 Å². The zero-order chi connectivity index (χ0) is 36.1. The number of ketones is 1. The summed E-state index contributed by atoms with van der Waals surface area (Å²) in [5, 5.41) is 11.6. The maximum atomic E-state index is 14.7. The number of rotatable bonds is 10. The van der Waals surface area contributed by atoms with E-state index in [1.165, 1.54) is 18.6 Å². The molecule has 272 valence electrons. The first kappa shape index (κ1) is 35.9. The summed E-state index contributed by atoms with van der Waals surface area (Å²) in [6.45, 7) is 11.8. The molecule has 10 atom stereocenters. The summed E-state index contributed by atoms with van der Waals surface area (Å²) in [5.41, 5.74) is -0.632. The third-order valence-corrected chi connectivity index (χ3v) is 12.4. The second-order valence-corrected chi connectivity index (χ2v) is 16.8. The maximum Gasteiger partial charge on any atom is 0.289 e. The van der Waals surface area contributed by atoms with Crippen LogP contribution < -0.4 is 21.3 Å². The van der Waals surface area contributed by atoms with Crippen LogP contribution in [0.1, 0.15) is 97.0 Å². The first-order valence-electron chi connectivity index (χ1n) is 18.5. The summed E-state index contributed by atoms with van der Waals surface area (Å²) in [6, 6.07) is -3.80. The van der Waals surface area contributed by atoms with Crippen molar-refractivity contribution in [2.75, 3.05) is 6.54 Å². The predicted octanol–water partition coefficient (Wildman–Crippen LogP) is 2.01. The molecule has 3 aliphatic carbocycles. The van der Waals surface area contributed by atoms with E-state index in [4.69, 9.17) is 0 Å². The Morgan fingerprint density at radius 2 is 1.64 bits per heavy atom. The number of carbonyl (C=O) groups is 6. The highest BCUT2D eigenvalue weighted by Gasteiger charge is 2.67. The molecule has 2 saturated heterocycles. The topological polar surface area (TPSA) is 180 Å². The van der Waals surface area contributed by atoms with Crippen LogP contribution in [0.25, 0.3) is 0 Å². The van der Waals surface area contributed by atoms with Crippen molar-refractivity contribution in [3.05, 3.63) is 24.3 Å². The lowest BCUT2D eigenvalue weighted by Crippen LogP contribution is -2.62. The van der Waals surface area contributed by atoms with Crippen LogP contribution in [0.15, 0.2) is 18.6 Å². The van der Waals surface area contributed by atoms with Crippen LogP contribution in [-0.4, -0.2) is 86.9 Å². The zero-order valence-corrected chi connectivity index (χ0v) is 30.1. The van der Waals surface area contributed by atoms with E-state index in [1.807, 2.05) is 41.5 Å². The standard InChI is InChI=1S/C37H53N7O6/c1-18(2)19(3)40-35(49)30(45)28-23-15-21-14-22-17-44(29(34(48)42-28)26(22)25(21)23)36(50)31(37(4,5)6)43-33(47)27(20-10-8-7-9-11-20)41-32(46)24-16-38-12-13-39-24/h12-13,16,18-23,25-29,31H,7-11,14-15,17H2,1-6H3,(H,40,49)(H,41,46)(H,42,48)(H,43,47)/t19-,21?,22-,23?,25?,26+,27-,28-,29-,31+/m0/s1. The molecule has 6 rings (SSSR count). The highest BCUT2D eigenvalue weighted by atomic mass is 16.2. The number of likely N-dealkylation sites (tertiary alicyclic amines) is 1. The molecular formula is C37H53N7O6. The van der Waals surface area contributed by atoms with Gasteiger partial charge in [0.05, 0.1) is 6.20 Å². The molecule has 0 bridgehead atoms. The van der Waals surface area contributed by atoms with Gasteiger partial charge in [-0.2, -0.15) is 0 Å². The fourth-order valence-electron chi connectivity index (χ4n) is 9.41. The van der Waals surface area contributed by atoms with Gasteiger partial charge in [0.2, 0.25) is 23.5 Å². The van der Waals surface area contributed by atoms with Crippen molar-refractivity contribution in [2.24, 2.45) is 46.8 Å². The van der Waals surface area contributed by atoms with E-state index in [0.29, 0.717) is 12.5 Å². The molecule has 3 heterocycles. The molecule has 2 aliphatic heterocycles. The minimum absolute atomic E-state index is 0.0562. The van der Waals surface area contributed by atoms with E-state index in [1.54, 1.807) is 4.90 Å². The number of carbonyl (C=O) groups excluding carboxylic acids is 6. The third-order valence-electron chi connectivity index (χ3n) is 12.4. The van der Waals surface area contributed by atoms with E-state index in [9.17, 15) is 28.8 Å². The molecule has 3 unspecified atom stereocenters. The lowest BCUT2D eigenvalue weighted by molar-refractivity contribution is -0.145. The third kappa shape index (κ3) is 6.76. The fourth-order valence-corrected chi connectivity index (χ4v) is 9.41. The highest BCUT2D eigenvalue weighted by molar-refractivity contribution is 6.38. The fraction of sp³-hybridized carbons (Fsp3) is 0.730. The van der Waals surface area contributed by atoms with Gasteiger partial charge in [0, 0.05) is 25.0 Å². The second-order valence-electron chi connectivity index (χ2n) is 16.8. The number of hydrogen-bond donors (Lipinski definition) is 4. The average molecular weight is 692 g/mol. The summed E-state index contributed by atoms with van der Waals surface area (Å²) >= 11 is 0. The van der Waals surface area contributed by atoms with Gasteiger partial charge in [0.15, 0.2) is 0 Å². The Balaban J connectivity index is 1.22. The second kappa shape index (κ2) is 14.0. The van der Waals surface area contributed by atoms with E-state index in [0.717, 1.165) is 44.9 Å². The van der Waals surface area contributed by atoms with Crippen molar-refractivity contribution in [1.82, 2.24) is 36.1 Å². The van der Waals surface area contributed by atoms with E-state index in [-0.39, 0.29) is 53.2 Å². The van der Waals surface area contributed by atoms with Crippen molar-refractivity contribution in [3.8, 4) is 0 Å². The number of amides is 5. The van der Waals surface area contributed by atoms with Crippen LogP contribution in [0, 0.1) is 46.8 Å². The van der Waals surface area contributed by atoms with Crippen molar-refractivity contribution in [3.63, 3.8) is 0 Å². The largest absolute Gasteiger partial charge is 0.347 e. The van der Waals surface area contributed by atoms with Crippen molar-refractivity contribution >= 4 is 35.3 Å². The molecule has 0 radical (unpaired) electrons. The Hall–Kier alpha value is -3.90. The maximum absolute atomic E-state index is 14.7. The van der Waals surface area contributed by atoms with Crippen LogP contribution >= 0.6 is 0 Å². The average Bonchev–Trinajstić information content (AvgIpc) is 3.52. The highest BCUT2D eigenvalue weighted by Crippen LogP contribution is 2.62. The molecule has 5 amide bonds. The minimum Gasteiger partial charge on any atom is -0.347 e. The summed E-state index contributed by atoms with van der Waals surface area (Å²) < 4.78 is 0. The molecule has 1 aromatic heterocycles. The Bertz CT molecular complexity index is 1500. The van der Waals surface area contributed by atoms with Gasteiger partial charge in [0.25, 0.3) is 11.8 Å². The number of aromatic nitrogens is 2. The van der Waals surface area contributed by atoms with Gasteiger partial charge < -0.3 is 26.2 Å². The molecule has 3 saturated carbocycles. The molecule has 0 spiro atoms. The summed E-state index contributed by atoms with van der Waals surface area (Å²) in [5.74, 6) is -2.79. The monoisotopic (exact) mass is 691 g/mol. The SMILES string of the molecule is CC(C)[C@H](C)NC(=O)C(=O)[C@H]1NC(=O)[C@@H]2[C@H]3C4C(CC41)C[C@H]3CN2C(=O)[C@@H](NC(=O)[C@@H](NC(=O)c1cnccn1)C1CCCCC1)C(C)(C)C. The lowest BCUT2D eigenvalue weighted by atomic mass is 9.60. The molecule has 1 aromatic rings. The van der Waals surface area contributed by atoms with Crippen LogP contribution in [-0.2, 0) is 24.0 Å². The van der Waals surface area contributed by atoms with Gasteiger partial charge in [-0.05, 0) is 79.4 Å². The first-order valence-corrected chi connectivity index (χ1v) is 18.5. The summed E-state index contributed by atoms with van der Waals surface area (Å²) in [4.78, 5) is 92.4.